The van der Waals surface area contributed by atoms with E-state index < -0.39 is 12.8 Å². The second-order valence-corrected chi connectivity index (χ2v) is 2.54. The lowest BCUT2D eigenvalue weighted by atomic mass is 10.5. The Morgan fingerprint density at radius 1 is 1.64 bits per heavy atom. The average molecular weight is 163 g/mol. The number of halogens is 1. The number of nitrogens with zero attached hydrogens (tertiary/aromatic N) is 1. The second-order valence-electron chi connectivity index (χ2n) is 2.54. The van der Waals surface area contributed by atoms with Gasteiger partial charge < -0.3 is 9.64 Å². The fourth-order valence-corrected chi connectivity index (χ4v) is 0.510. The molecule has 0 heterocycles. The molecular formula is C7H14FNO2. The zero-order chi connectivity index (χ0) is 8.85. The third-order valence-corrected chi connectivity index (χ3v) is 1.07. The first-order chi connectivity index (χ1) is 5.07. The van der Waals surface area contributed by atoms with Gasteiger partial charge in [0.2, 0.25) is 0 Å². The van der Waals surface area contributed by atoms with Crippen LogP contribution in [0.3, 0.4) is 0 Å². The van der Waals surface area contributed by atoms with Crippen LogP contribution in [0.4, 0.5) is 9.18 Å². The van der Waals surface area contributed by atoms with Crippen molar-refractivity contribution < 1.29 is 13.9 Å². The summed E-state index contributed by atoms with van der Waals surface area (Å²) in [6.07, 6.45) is -0.623. The summed E-state index contributed by atoms with van der Waals surface area (Å²) < 4.78 is 16.5. The van der Waals surface area contributed by atoms with Crippen LogP contribution >= 0.6 is 0 Å². The maximum atomic E-state index is 11.7. The van der Waals surface area contributed by atoms with Gasteiger partial charge in [0.25, 0.3) is 0 Å². The van der Waals surface area contributed by atoms with Crippen molar-refractivity contribution in [1.82, 2.24) is 4.90 Å². The van der Waals surface area contributed by atoms with Gasteiger partial charge in [-0.1, -0.05) is 0 Å². The Morgan fingerprint density at radius 3 is 2.55 bits per heavy atom. The van der Waals surface area contributed by atoms with Gasteiger partial charge in [-0.2, -0.15) is 0 Å². The number of carbonyl (C=O) groups is 1. The van der Waals surface area contributed by atoms with Gasteiger partial charge in [0.1, 0.15) is 6.67 Å². The molecule has 0 aromatic rings. The van der Waals surface area contributed by atoms with Gasteiger partial charge in [-0.25, -0.2) is 9.18 Å². The van der Waals surface area contributed by atoms with Crippen molar-refractivity contribution in [3.63, 3.8) is 0 Å². The van der Waals surface area contributed by atoms with Crippen molar-refractivity contribution >= 4 is 6.09 Å². The van der Waals surface area contributed by atoms with Crippen LogP contribution < -0.4 is 0 Å². The fourth-order valence-electron chi connectivity index (χ4n) is 0.510. The molecular weight excluding hydrogens is 149 g/mol. The van der Waals surface area contributed by atoms with Crippen molar-refractivity contribution in [3.8, 4) is 0 Å². The molecule has 0 atom stereocenters. The number of hydrogen-bond acceptors (Lipinski definition) is 2. The van der Waals surface area contributed by atoms with Crippen molar-refractivity contribution in [2.45, 2.75) is 20.0 Å². The summed E-state index contributed by atoms with van der Waals surface area (Å²) in [5.74, 6) is 0. The molecule has 0 aliphatic rings. The van der Waals surface area contributed by atoms with E-state index in [1.165, 1.54) is 11.9 Å². The molecule has 0 N–H and O–H groups in total. The highest BCUT2D eigenvalue weighted by atomic mass is 19.1. The smallest absolute Gasteiger partial charge is 0.409 e. The van der Waals surface area contributed by atoms with Crippen LogP contribution in [0.1, 0.15) is 13.8 Å². The highest BCUT2D eigenvalue weighted by Crippen LogP contribution is 1.94. The van der Waals surface area contributed by atoms with E-state index in [0.29, 0.717) is 0 Å². The zero-order valence-electron chi connectivity index (χ0n) is 7.13. The minimum absolute atomic E-state index is 0.0888. The number of alkyl halides is 1. The molecule has 0 saturated carbocycles. The van der Waals surface area contributed by atoms with E-state index in [1.807, 2.05) is 0 Å². The molecule has 4 heteroatoms. The van der Waals surface area contributed by atoms with Gasteiger partial charge in [0, 0.05) is 7.05 Å². The van der Waals surface area contributed by atoms with Crippen LogP contribution in [0.5, 0.6) is 0 Å². The first kappa shape index (κ1) is 10.2. The number of carbonyl (C=O) groups excluding carboxylic acids is 1. The van der Waals surface area contributed by atoms with E-state index in [-0.39, 0.29) is 12.6 Å². The molecule has 66 valence electrons. The van der Waals surface area contributed by atoms with E-state index in [4.69, 9.17) is 4.74 Å². The monoisotopic (exact) mass is 163 g/mol. The molecule has 0 aromatic carbocycles. The maximum absolute atomic E-state index is 11.7. The maximum Gasteiger partial charge on any atom is 0.409 e. The summed E-state index contributed by atoms with van der Waals surface area (Å²) in [6, 6.07) is 0. The number of rotatable bonds is 3. The predicted molar refractivity (Wildman–Crippen MR) is 40.2 cm³/mol. The van der Waals surface area contributed by atoms with Crippen LogP contribution in [0, 0.1) is 0 Å². The molecule has 0 aliphatic carbocycles. The molecule has 0 bridgehead atoms. The van der Waals surface area contributed by atoms with Crippen LogP contribution in [-0.4, -0.2) is 37.4 Å². The van der Waals surface area contributed by atoms with E-state index in [9.17, 15) is 9.18 Å². The first-order valence-corrected chi connectivity index (χ1v) is 3.55. The van der Waals surface area contributed by atoms with E-state index in [1.54, 1.807) is 13.8 Å². The Bertz CT molecular complexity index is 128. The van der Waals surface area contributed by atoms with Gasteiger partial charge in [-0.15, -0.1) is 0 Å². The van der Waals surface area contributed by atoms with Crippen molar-refractivity contribution in [3.05, 3.63) is 0 Å². The largest absolute Gasteiger partial charge is 0.447 e. The van der Waals surface area contributed by atoms with Gasteiger partial charge in [-0.3, -0.25) is 0 Å². The van der Waals surface area contributed by atoms with Crippen molar-refractivity contribution in [1.29, 1.82) is 0 Å². The summed E-state index contributed by atoms with van der Waals surface area (Å²) in [7, 11) is 1.50. The number of ether oxygens (including phenoxy) is 1. The normalized spacial score (nSPS) is 9.91. The van der Waals surface area contributed by atoms with E-state index >= 15 is 0 Å². The second kappa shape index (κ2) is 4.93. The third kappa shape index (κ3) is 4.58. The van der Waals surface area contributed by atoms with Crippen LogP contribution in [-0.2, 0) is 4.74 Å². The molecule has 0 rings (SSSR count). The molecule has 0 fully saturated rings. The Labute approximate surface area is 66.1 Å². The van der Waals surface area contributed by atoms with Crippen molar-refractivity contribution in [2.75, 3.05) is 20.3 Å². The lowest BCUT2D eigenvalue weighted by Crippen LogP contribution is -2.31. The topological polar surface area (TPSA) is 29.5 Å². The Morgan fingerprint density at radius 2 is 2.18 bits per heavy atom. The average Bonchev–Trinajstić information content (AvgIpc) is 1.86. The molecule has 3 nitrogen and oxygen atoms in total. The summed E-state index contributed by atoms with van der Waals surface area (Å²) in [4.78, 5) is 12.1. The minimum Gasteiger partial charge on any atom is -0.447 e. The van der Waals surface area contributed by atoms with Gasteiger partial charge >= 0.3 is 6.09 Å². The van der Waals surface area contributed by atoms with Crippen LogP contribution in [0.25, 0.3) is 0 Å². The summed E-state index contributed by atoms with van der Waals surface area (Å²) in [5.41, 5.74) is 0. The van der Waals surface area contributed by atoms with E-state index in [0.717, 1.165) is 0 Å². The quantitative estimate of drug-likeness (QED) is 0.630. The molecule has 11 heavy (non-hydrogen) atoms. The number of amides is 1. The molecule has 0 saturated heterocycles. The summed E-state index contributed by atoms with van der Waals surface area (Å²) in [6.45, 7) is 3.05. The molecule has 0 spiro atoms. The zero-order valence-corrected chi connectivity index (χ0v) is 7.13. The van der Waals surface area contributed by atoms with Gasteiger partial charge in [0.05, 0.1) is 12.6 Å². The molecule has 0 radical (unpaired) electrons. The Balaban J connectivity index is 3.64. The van der Waals surface area contributed by atoms with Gasteiger partial charge in [-0.05, 0) is 13.8 Å². The highest BCUT2D eigenvalue weighted by molar-refractivity contribution is 5.67. The van der Waals surface area contributed by atoms with Crippen molar-refractivity contribution in [2.24, 2.45) is 0 Å². The fraction of sp³-hybridized carbons (Fsp3) is 0.857. The van der Waals surface area contributed by atoms with E-state index in [2.05, 4.69) is 0 Å². The first-order valence-electron chi connectivity index (χ1n) is 3.55. The molecule has 0 aliphatic heterocycles. The Hall–Kier alpha value is -0.800. The number of hydrogen-bond donors (Lipinski definition) is 0. The molecule has 1 amide bonds. The standard InChI is InChI=1S/C7H14FNO2/c1-6(2)11-7(10)9(3)5-4-8/h6H,4-5H2,1-3H3. The lowest BCUT2D eigenvalue weighted by Gasteiger charge is -2.16. The third-order valence-electron chi connectivity index (χ3n) is 1.07. The summed E-state index contributed by atoms with van der Waals surface area (Å²) >= 11 is 0. The molecule has 0 aromatic heterocycles. The highest BCUT2D eigenvalue weighted by Gasteiger charge is 2.10. The minimum atomic E-state index is -0.538. The van der Waals surface area contributed by atoms with Crippen LogP contribution in [0.2, 0.25) is 0 Å². The SMILES string of the molecule is CC(C)OC(=O)N(C)CCF. The molecule has 0 unspecified atom stereocenters. The Kier molecular flexibility index (Phi) is 4.57. The lowest BCUT2D eigenvalue weighted by molar-refractivity contribution is 0.0824. The summed E-state index contributed by atoms with van der Waals surface area (Å²) in [5, 5.41) is 0. The van der Waals surface area contributed by atoms with Gasteiger partial charge in [0.15, 0.2) is 0 Å². The predicted octanol–water partition coefficient (Wildman–Crippen LogP) is 1.43. The van der Waals surface area contributed by atoms with Crippen LogP contribution in [0.15, 0.2) is 0 Å².